The van der Waals surface area contributed by atoms with Crippen molar-refractivity contribution in [3.8, 4) is 28.8 Å². The quantitative estimate of drug-likeness (QED) is 0.797. The Hall–Kier alpha value is -1.99. The fourth-order valence-corrected chi connectivity index (χ4v) is 2.48. The molecule has 108 valence electrons. The number of halogens is 1. The molecule has 1 aromatic carbocycles. The second-order valence-corrected chi connectivity index (χ2v) is 5.48. The topological polar surface area (TPSA) is 31.2 Å². The van der Waals surface area contributed by atoms with Crippen LogP contribution in [0.5, 0.6) is 5.75 Å². The predicted molar refractivity (Wildman–Crippen MR) is 88.5 cm³/mol. The summed E-state index contributed by atoms with van der Waals surface area (Å²) in [5.41, 5.74) is 2.89. The molecule has 1 aromatic heterocycles. The molecular weight excluding hydrogens is 330 g/mol. The van der Waals surface area contributed by atoms with E-state index in [4.69, 9.17) is 4.74 Å². The SMILES string of the molecule is CC#CCOc1ccc(-c2ccc(Br)c(=O)n2C)c(C)c1. The normalized spacial score (nSPS) is 9.90. The van der Waals surface area contributed by atoms with Crippen molar-refractivity contribution in [2.24, 2.45) is 7.05 Å². The molecular formula is C17H16BrNO2. The van der Waals surface area contributed by atoms with Crippen molar-refractivity contribution >= 4 is 15.9 Å². The number of hydrogen-bond donors (Lipinski definition) is 0. The van der Waals surface area contributed by atoms with E-state index in [1.165, 1.54) is 0 Å². The second kappa shape index (κ2) is 6.64. The van der Waals surface area contributed by atoms with Crippen molar-refractivity contribution in [2.45, 2.75) is 13.8 Å². The van der Waals surface area contributed by atoms with E-state index in [2.05, 4.69) is 27.8 Å². The first-order valence-corrected chi connectivity index (χ1v) is 7.33. The van der Waals surface area contributed by atoms with Crippen LogP contribution in [0.25, 0.3) is 11.3 Å². The molecule has 0 aliphatic rings. The molecule has 21 heavy (non-hydrogen) atoms. The van der Waals surface area contributed by atoms with Crippen LogP contribution in [0.1, 0.15) is 12.5 Å². The molecule has 0 fully saturated rings. The molecule has 2 rings (SSSR count). The van der Waals surface area contributed by atoms with Crippen molar-refractivity contribution in [3.63, 3.8) is 0 Å². The van der Waals surface area contributed by atoms with Crippen molar-refractivity contribution in [3.05, 3.63) is 50.7 Å². The van der Waals surface area contributed by atoms with Crippen LogP contribution in [0, 0.1) is 18.8 Å². The number of pyridine rings is 1. The van der Waals surface area contributed by atoms with Gasteiger partial charge in [0.2, 0.25) is 0 Å². The Kier molecular flexibility index (Phi) is 4.87. The molecule has 0 unspecified atom stereocenters. The molecule has 0 bridgehead atoms. The van der Waals surface area contributed by atoms with Crippen LogP contribution in [0.2, 0.25) is 0 Å². The fraction of sp³-hybridized carbons (Fsp3) is 0.235. The van der Waals surface area contributed by atoms with Crippen molar-refractivity contribution < 1.29 is 4.74 Å². The van der Waals surface area contributed by atoms with Gasteiger partial charge in [-0.05, 0) is 65.7 Å². The molecule has 0 N–H and O–H groups in total. The molecule has 0 radical (unpaired) electrons. The lowest BCUT2D eigenvalue weighted by Gasteiger charge is -2.12. The van der Waals surface area contributed by atoms with Crippen LogP contribution < -0.4 is 10.3 Å². The van der Waals surface area contributed by atoms with Gasteiger partial charge in [0.05, 0.1) is 10.2 Å². The Morgan fingerprint density at radius 3 is 2.71 bits per heavy atom. The summed E-state index contributed by atoms with van der Waals surface area (Å²) in [6.45, 7) is 4.16. The lowest BCUT2D eigenvalue weighted by Crippen LogP contribution is -2.18. The summed E-state index contributed by atoms with van der Waals surface area (Å²) in [6, 6.07) is 9.52. The molecule has 3 nitrogen and oxygen atoms in total. The molecule has 0 aliphatic heterocycles. The van der Waals surface area contributed by atoms with Gasteiger partial charge in [-0.3, -0.25) is 4.79 Å². The summed E-state index contributed by atoms with van der Waals surface area (Å²) in [5, 5.41) is 0. The minimum Gasteiger partial charge on any atom is -0.481 e. The van der Waals surface area contributed by atoms with E-state index in [0.29, 0.717) is 11.1 Å². The smallest absolute Gasteiger partial charge is 0.265 e. The Morgan fingerprint density at radius 1 is 1.29 bits per heavy atom. The number of nitrogens with zero attached hydrogens (tertiary/aromatic N) is 1. The van der Waals surface area contributed by atoms with E-state index in [1.807, 2.05) is 31.2 Å². The van der Waals surface area contributed by atoms with Gasteiger partial charge in [-0.2, -0.15) is 0 Å². The summed E-state index contributed by atoms with van der Waals surface area (Å²) in [5.74, 6) is 6.43. The average Bonchev–Trinajstić information content (AvgIpc) is 2.46. The number of aryl methyl sites for hydroxylation is 1. The monoisotopic (exact) mass is 345 g/mol. The maximum Gasteiger partial charge on any atom is 0.265 e. The summed E-state index contributed by atoms with van der Waals surface area (Å²) >= 11 is 3.25. The van der Waals surface area contributed by atoms with Gasteiger partial charge in [-0.25, -0.2) is 0 Å². The van der Waals surface area contributed by atoms with E-state index in [0.717, 1.165) is 22.6 Å². The van der Waals surface area contributed by atoms with Gasteiger partial charge in [-0.1, -0.05) is 5.92 Å². The lowest BCUT2D eigenvalue weighted by molar-refractivity contribution is 0.370. The number of rotatable bonds is 3. The first kappa shape index (κ1) is 15.4. The van der Waals surface area contributed by atoms with Gasteiger partial charge in [0.15, 0.2) is 0 Å². The zero-order valence-electron chi connectivity index (χ0n) is 12.2. The highest BCUT2D eigenvalue weighted by atomic mass is 79.9. The largest absolute Gasteiger partial charge is 0.481 e. The highest BCUT2D eigenvalue weighted by molar-refractivity contribution is 9.10. The third-order valence-corrected chi connectivity index (χ3v) is 3.82. The fourth-order valence-electron chi connectivity index (χ4n) is 2.08. The third kappa shape index (κ3) is 3.37. The molecule has 0 atom stereocenters. The maximum atomic E-state index is 12.0. The molecule has 0 spiro atoms. The molecule has 1 heterocycles. The van der Waals surface area contributed by atoms with Crippen LogP contribution in [0.3, 0.4) is 0 Å². The van der Waals surface area contributed by atoms with Gasteiger partial charge < -0.3 is 9.30 Å². The molecule has 0 amide bonds. The number of aromatic nitrogens is 1. The van der Waals surface area contributed by atoms with Gasteiger partial charge in [-0.15, -0.1) is 5.92 Å². The predicted octanol–water partition coefficient (Wildman–Crippen LogP) is 3.53. The van der Waals surface area contributed by atoms with Crippen molar-refractivity contribution in [1.82, 2.24) is 4.57 Å². The summed E-state index contributed by atoms with van der Waals surface area (Å²) < 4.78 is 7.74. The van der Waals surface area contributed by atoms with Gasteiger partial charge in [0.25, 0.3) is 5.56 Å². The molecule has 0 saturated carbocycles. The summed E-state index contributed by atoms with van der Waals surface area (Å²) in [4.78, 5) is 12.0. The number of ether oxygens (including phenoxy) is 1. The first-order valence-electron chi connectivity index (χ1n) is 6.53. The molecule has 2 aromatic rings. The summed E-state index contributed by atoms with van der Waals surface area (Å²) in [7, 11) is 1.77. The van der Waals surface area contributed by atoms with Crippen LogP contribution in [-0.4, -0.2) is 11.2 Å². The Morgan fingerprint density at radius 2 is 2.05 bits per heavy atom. The number of benzene rings is 1. The Labute approximate surface area is 132 Å². The Balaban J connectivity index is 2.39. The first-order chi connectivity index (χ1) is 10.0. The van der Waals surface area contributed by atoms with Crippen LogP contribution in [0.4, 0.5) is 0 Å². The average molecular weight is 346 g/mol. The minimum atomic E-state index is -0.0505. The third-order valence-electron chi connectivity index (χ3n) is 3.22. The van der Waals surface area contributed by atoms with Gasteiger partial charge >= 0.3 is 0 Å². The van der Waals surface area contributed by atoms with Crippen molar-refractivity contribution in [1.29, 1.82) is 0 Å². The highest BCUT2D eigenvalue weighted by Crippen LogP contribution is 2.26. The van der Waals surface area contributed by atoms with Gasteiger partial charge in [0, 0.05) is 12.6 Å². The summed E-state index contributed by atoms with van der Waals surface area (Å²) in [6.07, 6.45) is 0. The van der Waals surface area contributed by atoms with E-state index in [-0.39, 0.29) is 5.56 Å². The zero-order chi connectivity index (χ0) is 15.4. The highest BCUT2D eigenvalue weighted by Gasteiger charge is 2.09. The van der Waals surface area contributed by atoms with Crippen molar-refractivity contribution in [2.75, 3.05) is 6.61 Å². The van der Waals surface area contributed by atoms with Crippen LogP contribution in [0.15, 0.2) is 39.6 Å². The molecule has 4 heteroatoms. The Bertz CT molecular complexity index is 782. The maximum absolute atomic E-state index is 12.0. The van der Waals surface area contributed by atoms with E-state index in [9.17, 15) is 4.79 Å². The molecule has 0 aliphatic carbocycles. The lowest BCUT2D eigenvalue weighted by atomic mass is 10.0. The second-order valence-electron chi connectivity index (χ2n) is 4.62. The van der Waals surface area contributed by atoms with Crippen LogP contribution in [-0.2, 0) is 7.05 Å². The minimum absolute atomic E-state index is 0.0505. The van der Waals surface area contributed by atoms with Crippen LogP contribution >= 0.6 is 15.9 Å². The van der Waals surface area contributed by atoms with Gasteiger partial charge in [0.1, 0.15) is 12.4 Å². The number of hydrogen-bond acceptors (Lipinski definition) is 2. The zero-order valence-corrected chi connectivity index (χ0v) is 13.8. The molecule has 0 saturated heterocycles. The van der Waals surface area contributed by atoms with E-state index in [1.54, 1.807) is 24.6 Å². The van der Waals surface area contributed by atoms with E-state index >= 15 is 0 Å². The standard InChI is InChI=1S/C17H16BrNO2/c1-4-5-10-21-13-6-7-14(12(2)11-13)16-9-8-15(18)17(20)19(16)3/h6-9,11H,10H2,1-3H3. The van der Waals surface area contributed by atoms with E-state index < -0.39 is 0 Å².